The van der Waals surface area contributed by atoms with E-state index in [1.54, 1.807) is 32.4 Å². The maximum atomic E-state index is 13.1. The predicted molar refractivity (Wildman–Crippen MR) is 165 cm³/mol. The summed E-state index contributed by atoms with van der Waals surface area (Å²) in [5.41, 5.74) is 0.663. The molecule has 0 fully saturated rings. The Bertz CT molecular complexity index is 1860. The lowest BCUT2D eigenvalue weighted by atomic mass is 9.76. The predicted octanol–water partition coefficient (Wildman–Crippen LogP) is 7.42. The number of ether oxygens (including phenoxy) is 2. The van der Waals surface area contributed by atoms with Gasteiger partial charge in [-0.05, 0) is 68.6 Å². The highest BCUT2D eigenvalue weighted by molar-refractivity contribution is 6.23. The molecule has 0 spiro atoms. The van der Waals surface area contributed by atoms with Gasteiger partial charge in [-0.1, -0.05) is 80.1 Å². The third-order valence-corrected chi connectivity index (χ3v) is 8.08. The summed E-state index contributed by atoms with van der Waals surface area (Å²) < 4.78 is 11.3. The van der Waals surface area contributed by atoms with Gasteiger partial charge in [-0.3, -0.25) is 4.79 Å². The number of aliphatic hydroxyl groups is 1. The minimum Gasteiger partial charge on any atom is -0.497 e. The normalized spacial score (nSPS) is 13.0. The average molecular weight is 544 g/mol. The van der Waals surface area contributed by atoms with Crippen molar-refractivity contribution in [2.75, 3.05) is 20.8 Å². The van der Waals surface area contributed by atoms with E-state index >= 15 is 0 Å². The van der Waals surface area contributed by atoms with Crippen molar-refractivity contribution in [1.29, 1.82) is 0 Å². The molecular formula is C36H33NO4. The third-order valence-electron chi connectivity index (χ3n) is 8.08. The summed E-state index contributed by atoms with van der Waals surface area (Å²) in [6.07, 6.45) is 1.90. The molecule has 206 valence electrons. The van der Waals surface area contributed by atoms with Gasteiger partial charge in [0.1, 0.15) is 17.1 Å². The molecule has 0 aliphatic heterocycles. The number of carbonyl (C=O) groups excluding carboxylic acids is 1. The first-order chi connectivity index (χ1) is 20.0. The maximum absolute atomic E-state index is 13.1. The van der Waals surface area contributed by atoms with E-state index in [1.807, 2.05) is 30.3 Å². The van der Waals surface area contributed by atoms with Crippen LogP contribution >= 0.6 is 0 Å². The fraction of sp³-hybridized carbons (Fsp3) is 0.194. The fourth-order valence-corrected chi connectivity index (χ4v) is 5.97. The number of benzene rings is 6. The number of carbonyl (C=O) groups is 1. The van der Waals surface area contributed by atoms with Crippen LogP contribution in [0.25, 0.3) is 32.3 Å². The molecule has 41 heavy (non-hydrogen) atoms. The van der Waals surface area contributed by atoms with Gasteiger partial charge in [0.25, 0.3) is 5.91 Å². The summed E-state index contributed by atoms with van der Waals surface area (Å²) in [6, 6.07) is 31.5. The zero-order chi connectivity index (χ0) is 28.6. The van der Waals surface area contributed by atoms with Crippen LogP contribution < -0.4 is 14.8 Å². The van der Waals surface area contributed by atoms with Crippen molar-refractivity contribution in [2.45, 2.75) is 25.4 Å². The first kappa shape index (κ1) is 26.6. The largest absolute Gasteiger partial charge is 0.497 e. The molecule has 0 saturated heterocycles. The van der Waals surface area contributed by atoms with Crippen LogP contribution in [0.3, 0.4) is 0 Å². The molecule has 0 aliphatic rings. The molecule has 5 nitrogen and oxygen atoms in total. The van der Waals surface area contributed by atoms with Crippen LogP contribution in [0.2, 0.25) is 0 Å². The molecule has 0 aromatic heterocycles. The van der Waals surface area contributed by atoms with Crippen molar-refractivity contribution < 1.29 is 19.4 Å². The summed E-state index contributed by atoms with van der Waals surface area (Å²) in [7, 11) is 3.18. The molecule has 1 unspecified atom stereocenters. The number of amides is 1. The van der Waals surface area contributed by atoms with Crippen LogP contribution in [0.5, 0.6) is 11.5 Å². The number of hydrogen-bond donors (Lipinski definition) is 2. The Morgan fingerprint density at radius 1 is 0.780 bits per heavy atom. The quantitative estimate of drug-likeness (QED) is 0.113. The second-order valence-corrected chi connectivity index (χ2v) is 10.4. The van der Waals surface area contributed by atoms with E-state index in [2.05, 4.69) is 60.8 Å². The topological polar surface area (TPSA) is 67.8 Å². The molecular weight excluding hydrogens is 510 g/mol. The number of hydrogen-bond acceptors (Lipinski definition) is 4. The van der Waals surface area contributed by atoms with Gasteiger partial charge >= 0.3 is 0 Å². The summed E-state index contributed by atoms with van der Waals surface area (Å²) in [5, 5.41) is 22.7. The summed E-state index contributed by atoms with van der Waals surface area (Å²) in [5.74, 6) is 0.933. The van der Waals surface area contributed by atoms with E-state index < -0.39 is 5.60 Å². The highest BCUT2D eigenvalue weighted by Gasteiger charge is 2.39. The van der Waals surface area contributed by atoms with E-state index in [4.69, 9.17) is 9.47 Å². The molecule has 0 bridgehead atoms. The lowest BCUT2D eigenvalue weighted by molar-refractivity contribution is 0.0952. The van der Waals surface area contributed by atoms with Crippen LogP contribution in [0.1, 0.15) is 46.8 Å². The van der Waals surface area contributed by atoms with E-state index in [0.717, 1.165) is 45.2 Å². The maximum Gasteiger partial charge on any atom is 0.251 e. The van der Waals surface area contributed by atoms with Gasteiger partial charge in [-0.15, -0.1) is 0 Å². The number of methoxy groups -OCH3 is 2. The Balaban J connectivity index is 1.64. The Labute approximate surface area is 239 Å². The molecule has 0 saturated carbocycles. The van der Waals surface area contributed by atoms with Crippen molar-refractivity contribution in [3.63, 3.8) is 0 Å². The van der Waals surface area contributed by atoms with Crippen molar-refractivity contribution in [3.05, 3.63) is 119 Å². The zero-order valence-electron chi connectivity index (χ0n) is 23.5. The molecule has 0 aliphatic carbocycles. The van der Waals surface area contributed by atoms with E-state index in [1.165, 1.54) is 0 Å². The standard InChI is InChI=1S/C36H33NO4/c1-4-5-20-37-35(38)26-10-7-11-27(21-26)36(39,31-19-16-28(40-2)22-32(31)41-3)30-18-15-25-13-12-23-8-6-9-24-14-17-29(30)34(25)33(23)24/h6-19,21-22,39H,4-5,20H2,1-3H3,(H,37,38). The Morgan fingerprint density at radius 3 is 2.20 bits per heavy atom. The Hall–Kier alpha value is -4.61. The average Bonchev–Trinajstić information content (AvgIpc) is 3.03. The molecule has 0 radical (unpaired) electrons. The van der Waals surface area contributed by atoms with Crippen LogP contribution in [0, 0.1) is 0 Å². The van der Waals surface area contributed by atoms with Crippen molar-refractivity contribution >= 4 is 38.2 Å². The first-order valence-electron chi connectivity index (χ1n) is 14.0. The Morgan fingerprint density at radius 2 is 1.46 bits per heavy atom. The van der Waals surface area contributed by atoms with Crippen LogP contribution in [-0.4, -0.2) is 31.8 Å². The smallest absolute Gasteiger partial charge is 0.251 e. The third kappa shape index (κ3) is 4.43. The Kier molecular flexibility index (Phi) is 6.98. The van der Waals surface area contributed by atoms with E-state index in [0.29, 0.717) is 40.3 Å². The SMILES string of the molecule is CCCCNC(=O)c1cccc(C(O)(c2ccc(OC)cc2OC)c2ccc3ccc4cccc5ccc2c3c45)c1. The summed E-state index contributed by atoms with van der Waals surface area (Å²) in [6.45, 7) is 2.69. The molecule has 2 N–H and O–H groups in total. The van der Waals surface area contributed by atoms with Gasteiger partial charge < -0.3 is 19.9 Å². The molecule has 6 aromatic rings. The van der Waals surface area contributed by atoms with Gasteiger partial charge in [-0.25, -0.2) is 0 Å². The summed E-state index contributed by atoms with van der Waals surface area (Å²) >= 11 is 0. The molecule has 1 atom stereocenters. The second kappa shape index (κ2) is 10.8. The number of unbranched alkanes of at least 4 members (excludes halogenated alkanes) is 1. The lowest BCUT2D eigenvalue weighted by Crippen LogP contribution is -2.31. The van der Waals surface area contributed by atoms with Gasteiger partial charge in [0.15, 0.2) is 0 Å². The molecule has 5 heteroatoms. The molecule has 6 rings (SSSR count). The van der Waals surface area contributed by atoms with Crippen LogP contribution in [0.15, 0.2) is 97.1 Å². The van der Waals surface area contributed by atoms with Crippen molar-refractivity contribution in [3.8, 4) is 11.5 Å². The van der Waals surface area contributed by atoms with Crippen LogP contribution in [0.4, 0.5) is 0 Å². The van der Waals surface area contributed by atoms with Gasteiger partial charge in [0, 0.05) is 29.3 Å². The van der Waals surface area contributed by atoms with Crippen molar-refractivity contribution in [2.24, 2.45) is 0 Å². The van der Waals surface area contributed by atoms with E-state index in [9.17, 15) is 9.90 Å². The highest BCUT2D eigenvalue weighted by Crippen LogP contribution is 2.47. The highest BCUT2D eigenvalue weighted by atomic mass is 16.5. The monoisotopic (exact) mass is 543 g/mol. The molecule has 6 aromatic carbocycles. The zero-order valence-corrected chi connectivity index (χ0v) is 23.5. The number of nitrogens with one attached hydrogen (secondary N) is 1. The van der Waals surface area contributed by atoms with Crippen molar-refractivity contribution in [1.82, 2.24) is 5.32 Å². The molecule has 1 amide bonds. The van der Waals surface area contributed by atoms with Gasteiger partial charge in [-0.2, -0.15) is 0 Å². The molecule has 0 heterocycles. The first-order valence-corrected chi connectivity index (χ1v) is 14.0. The number of rotatable bonds is 9. The fourth-order valence-electron chi connectivity index (χ4n) is 5.97. The van der Waals surface area contributed by atoms with Gasteiger partial charge in [0.2, 0.25) is 0 Å². The second-order valence-electron chi connectivity index (χ2n) is 10.4. The minimum atomic E-state index is -1.65. The minimum absolute atomic E-state index is 0.167. The van der Waals surface area contributed by atoms with Crippen LogP contribution in [-0.2, 0) is 5.60 Å². The summed E-state index contributed by atoms with van der Waals surface area (Å²) in [4.78, 5) is 13.1. The van der Waals surface area contributed by atoms with E-state index in [-0.39, 0.29) is 5.91 Å². The lowest BCUT2D eigenvalue weighted by Gasteiger charge is -2.33. The van der Waals surface area contributed by atoms with Gasteiger partial charge in [0.05, 0.1) is 14.2 Å².